The van der Waals surface area contributed by atoms with Crippen LogP contribution in [0.3, 0.4) is 0 Å². The number of aryl methyl sites for hydroxylation is 1. The maximum Gasteiger partial charge on any atom is 0.291 e. The number of nitrogens with one attached hydrogen (secondary N) is 1. The first-order chi connectivity index (χ1) is 11.2. The van der Waals surface area contributed by atoms with Crippen molar-refractivity contribution in [2.24, 2.45) is 11.7 Å². The van der Waals surface area contributed by atoms with Gasteiger partial charge in [-0.1, -0.05) is 43.1 Å². The van der Waals surface area contributed by atoms with E-state index >= 15 is 0 Å². The van der Waals surface area contributed by atoms with Gasteiger partial charge in [0.25, 0.3) is 5.91 Å². The second-order valence-electron chi connectivity index (χ2n) is 6.20. The summed E-state index contributed by atoms with van der Waals surface area (Å²) in [5.74, 6) is 0.326. The minimum absolute atomic E-state index is 0.0452. The molecule has 6 nitrogen and oxygen atoms in total. The molecule has 2 aromatic rings. The SMILES string of the molecule is Cc1nc(C(=O)NC(C)(CN)C(C)C)nn1-c1c(Cl)cccc1Cl. The highest BCUT2D eigenvalue weighted by Crippen LogP contribution is 2.28. The van der Waals surface area contributed by atoms with Crippen LogP contribution >= 0.6 is 23.2 Å². The third kappa shape index (κ3) is 3.55. The molecular weight excluding hydrogens is 349 g/mol. The van der Waals surface area contributed by atoms with Crippen molar-refractivity contribution >= 4 is 29.1 Å². The maximum atomic E-state index is 12.5. The zero-order valence-corrected chi connectivity index (χ0v) is 15.6. The average molecular weight is 370 g/mol. The largest absolute Gasteiger partial charge is 0.343 e. The van der Waals surface area contributed by atoms with Crippen molar-refractivity contribution < 1.29 is 4.79 Å². The molecule has 24 heavy (non-hydrogen) atoms. The van der Waals surface area contributed by atoms with Crippen LogP contribution in [0, 0.1) is 12.8 Å². The molecule has 1 heterocycles. The van der Waals surface area contributed by atoms with E-state index in [2.05, 4.69) is 15.4 Å². The molecule has 0 bridgehead atoms. The van der Waals surface area contributed by atoms with Crippen molar-refractivity contribution in [1.82, 2.24) is 20.1 Å². The van der Waals surface area contributed by atoms with Gasteiger partial charge < -0.3 is 11.1 Å². The van der Waals surface area contributed by atoms with Crippen molar-refractivity contribution in [2.75, 3.05) is 6.54 Å². The Labute approximate surface area is 151 Å². The van der Waals surface area contributed by atoms with E-state index in [0.29, 0.717) is 28.1 Å². The van der Waals surface area contributed by atoms with Gasteiger partial charge in [-0.3, -0.25) is 4.79 Å². The molecule has 8 heteroatoms. The van der Waals surface area contributed by atoms with Crippen molar-refractivity contribution in [3.63, 3.8) is 0 Å². The van der Waals surface area contributed by atoms with Crippen LogP contribution in [0.5, 0.6) is 0 Å². The van der Waals surface area contributed by atoms with Gasteiger partial charge in [0.05, 0.1) is 15.6 Å². The van der Waals surface area contributed by atoms with E-state index in [1.54, 1.807) is 25.1 Å². The van der Waals surface area contributed by atoms with Gasteiger partial charge in [-0.15, -0.1) is 5.10 Å². The first kappa shape index (κ1) is 18.7. The molecule has 0 aliphatic carbocycles. The van der Waals surface area contributed by atoms with Crippen LogP contribution in [0.2, 0.25) is 10.0 Å². The van der Waals surface area contributed by atoms with E-state index in [1.807, 2.05) is 20.8 Å². The van der Waals surface area contributed by atoms with Gasteiger partial charge >= 0.3 is 0 Å². The third-order valence-electron chi connectivity index (χ3n) is 4.22. The summed E-state index contributed by atoms with van der Waals surface area (Å²) >= 11 is 12.4. The fourth-order valence-electron chi connectivity index (χ4n) is 2.14. The lowest BCUT2D eigenvalue weighted by Gasteiger charge is -2.33. The highest BCUT2D eigenvalue weighted by Gasteiger charge is 2.30. The summed E-state index contributed by atoms with van der Waals surface area (Å²) in [4.78, 5) is 16.7. The summed E-state index contributed by atoms with van der Waals surface area (Å²) in [7, 11) is 0. The predicted molar refractivity (Wildman–Crippen MR) is 95.9 cm³/mol. The summed E-state index contributed by atoms with van der Waals surface area (Å²) in [5.41, 5.74) is 5.76. The van der Waals surface area contributed by atoms with Gasteiger partial charge in [-0.25, -0.2) is 9.67 Å². The molecule has 0 spiro atoms. The Morgan fingerprint density at radius 1 is 1.38 bits per heavy atom. The molecule has 0 aliphatic rings. The second-order valence-corrected chi connectivity index (χ2v) is 7.01. The summed E-state index contributed by atoms with van der Waals surface area (Å²) in [6.07, 6.45) is 0. The molecule has 1 unspecified atom stereocenters. The van der Waals surface area contributed by atoms with Crippen LogP contribution in [-0.4, -0.2) is 32.8 Å². The van der Waals surface area contributed by atoms with E-state index in [-0.39, 0.29) is 17.6 Å². The Morgan fingerprint density at radius 3 is 2.46 bits per heavy atom. The van der Waals surface area contributed by atoms with Gasteiger partial charge in [0.2, 0.25) is 5.82 Å². The highest BCUT2D eigenvalue weighted by molar-refractivity contribution is 6.37. The molecule has 0 radical (unpaired) electrons. The monoisotopic (exact) mass is 369 g/mol. The van der Waals surface area contributed by atoms with E-state index < -0.39 is 5.54 Å². The predicted octanol–water partition coefficient (Wildman–Crippen LogP) is 2.99. The number of carbonyl (C=O) groups is 1. The lowest BCUT2D eigenvalue weighted by Crippen LogP contribution is -2.55. The molecule has 1 amide bonds. The molecule has 1 aromatic heterocycles. The van der Waals surface area contributed by atoms with E-state index in [1.165, 1.54) is 4.68 Å². The van der Waals surface area contributed by atoms with Crippen molar-refractivity contribution in [3.05, 3.63) is 39.9 Å². The highest BCUT2D eigenvalue weighted by atomic mass is 35.5. The van der Waals surface area contributed by atoms with Gasteiger partial charge in [0.15, 0.2) is 0 Å². The Hall–Kier alpha value is -1.63. The molecule has 3 N–H and O–H groups in total. The number of nitrogens with zero attached hydrogens (tertiary/aromatic N) is 3. The van der Waals surface area contributed by atoms with Crippen LogP contribution in [0.15, 0.2) is 18.2 Å². The number of amides is 1. The number of rotatable bonds is 5. The lowest BCUT2D eigenvalue weighted by molar-refractivity contribution is 0.0872. The summed E-state index contributed by atoms with van der Waals surface area (Å²) in [6, 6.07) is 5.14. The minimum Gasteiger partial charge on any atom is -0.343 e. The smallest absolute Gasteiger partial charge is 0.291 e. The van der Waals surface area contributed by atoms with Gasteiger partial charge in [0.1, 0.15) is 11.5 Å². The second kappa shape index (κ2) is 7.09. The number of hydrogen-bond donors (Lipinski definition) is 2. The van der Waals surface area contributed by atoms with Crippen LogP contribution in [-0.2, 0) is 0 Å². The number of hydrogen-bond acceptors (Lipinski definition) is 4. The molecule has 130 valence electrons. The fourth-order valence-corrected chi connectivity index (χ4v) is 2.69. The Morgan fingerprint density at radius 2 is 1.96 bits per heavy atom. The van der Waals surface area contributed by atoms with E-state index in [0.717, 1.165) is 0 Å². The average Bonchev–Trinajstić information content (AvgIpc) is 2.89. The van der Waals surface area contributed by atoms with Crippen molar-refractivity contribution in [3.8, 4) is 5.69 Å². The van der Waals surface area contributed by atoms with Crippen LogP contribution in [0.1, 0.15) is 37.2 Å². The van der Waals surface area contributed by atoms with Gasteiger partial charge in [0, 0.05) is 6.54 Å². The summed E-state index contributed by atoms with van der Waals surface area (Å²) < 4.78 is 1.47. The molecule has 0 fully saturated rings. The zero-order chi connectivity index (χ0) is 18.1. The number of carbonyl (C=O) groups excluding carboxylic acids is 1. The fraction of sp³-hybridized carbons (Fsp3) is 0.438. The number of benzene rings is 1. The molecule has 0 saturated heterocycles. The van der Waals surface area contributed by atoms with Crippen molar-refractivity contribution in [2.45, 2.75) is 33.2 Å². The maximum absolute atomic E-state index is 12.5. The normalized spacial score (nSPS) is 13.8. The zero-order valence-electron chi connectivity index (χ0n) is 14.1. The molecular formula is C16H21Cl2N5O. The molecule has 1 atom stereocenters. The molecule has 0 saturated carbocycles. The first-order valence-corrected chi connectivity index (χ1v) is 8.36. The standard InChI is InChI=1S/C16H21Cl2N5O/c1-9(2)16(4,8-19)21-15(24)14-20-10(3)23(22-14)13-11(17)6-5-7-12(13)18/h5-7,9H,8,19H2,1-4H3,(H,21,24). The van der Waals surface area contributed by atoms with Crippen LogP contribution in [0.4, 0.5) is 0 Å². The number of halogens is 2. The van der Waals surface area contributed by atoms with Gasteiger partial charge in [-0.2, -0.15) is 0 Å². The summed E-state index contributed by atoms with van der Waals surface area (Å²) in [6.45, 7) is 7.92. The van der Waals surface area contributed by atoms with Crippen LogP contribution < -0.4 is 11.1 Å². The van der Waals surface area contributed by atoms with E-state index in [9.17, 15) is 4.79 Å². The van der Waals surface area contributed by atoms with Crippen molar-refractivity contribution in [1.29, 1.82) is 0 Å². The third-order valence-corrected chi connectivity index (χ3v) is 4.83. The van der Waals surface area contributed by atoms with Gasteiger partial charge in [-0.05, 0) is 31.9 Å². The summed E-state index contributed by atoms with van der Waals surface area (Å²) in [5, 5.41) is 8.03. The minimum atomic E-state index is -0.543. The van der Waals surface area contributed by atoms with Crippen LogP contribution in [0.25, 0.3) is 5.69 Å². The first-order valence-electron chi connectivity index (χ1n) is 7.60. The quantitative estimate of drug-likeness (QED) is 0.847. The Kier molecular flexibility index (Phi) is 5.52. The molecule has 0 aliphatic heterocycles. The topological polar surface area (TPSA) is 85.8 Å². The van der Waals surface area contributed by atoms with E-state index in [4.69, 9.17) is 28.9 Å². The lowest BCUT2D eigenvalue weighted by atomic mass is 9.88. The molecule has 1 aromatic carbocycles. The Balaban J connectivity index is 2.37. The number of nitrogens with two attached hydrogens (primary N) is 1. The molecule has 2 rings (SSSR count). The number of aromatic nitrogens is 3. The Bertz CT molecular complexity index is 739. The number of para-hydroxylation sites is 1.